The van der Waals surface area contributed by atoms with E-state index in [4.69, 9.17) is 0 Å². The van der Waals surface area contributed by atoms with Crippen LogP contribution in [0.4, 0.5) is 5.69 Å². The minimum absolute atomic E-state index is 0.0408. The molecular formula is C19H20BrN5O. The summed E-state index contributed by atoms with van der Waals surface area (Å²) in [4.78, 5) is 18.2. The molecule has 6 nitrogen and oxygen atoms in total. The highest BCUT2D eigenvalue weighted by Gasteiger charge is 2.15. The van der Waals surface area contributed by atoms with E-state index in [0.717, 1.165) is 21.4 Å². The van der Waals surface area contributed by atoms with Gasteiger partial charge < -0.3 is 5.32 Å². The Morgan fingerprint density at radius 2 is 1.88 bits per heavy atom. The van der Waals surface area contributed by atoms with Gasteiger partial charge >= 0.3 is 0 Å². The summed E-state index contributed by atoms with van der Waals surface area (Å²) >= 11 is 3.38. The lowest BCUT2D eigenvalue weighted by molar-refractivity contribution is -0.117. The molecule has 0 saturated heterocycles. The first kappa shape index (κ1) is 18.3. The van der Waals surface area contributed by atoms with Crippen molar-refractivity contribution in [1.29, 1.82) is 0 Å². The molecule has 0 bridgehead atoms. The first-order valence-corrected chi connectivity index (χ1v) is 9.03. The van der Waals surface area contributed by atoms with Crippen LogP contribution in [0.15, 0.2) is 65.7 Å². The molecule has 2 aromatic carbocycles. The molecule has 1 heterocycles. The number of aromatic nitrogens is 3. The number of nitrogens with zero attached hydrogens (tertiary/aromatic N) is 4. The minimum atomic E-state index is -0.0408. The number of carbonyl (C=O) groups is 1. The van der Waals surface area contributed by atoms with Gasteiger partial charge in [-0.05, 0) is 55.9 Å². The fourth-order valence-corrected chi connectivity index (χ4v) is 2.86. The van der Waals surface area contributed by atoms with E-state index >= 15 is 0 Å². The van der Waals surface area contributed by atoms with Crippen LogP contribution in [0, 0.1) is 0 Å². The molecule has 7 heteroatoms. The van der Waals surface area contributed by atoms with Crippen LogP contribution in [0.2, 0.25) is 0 Å². The van der Waals surface area contributed by atoms with Crippen LogP contribution in [0.5, 0.6) is 0 Å². The Labute approximate surface area is 161 Å². The van der Waals surface area contributed by atoms with Crippen LogP contribution in [-0.2, 0) is 4.79 Å². The largest absolute Gasteiger partial charge is 0.325 e. The van der Waals surface area contributed by atoms with Gasteiger partial charge in [0.2, 0.25) is 5.91 Å². The first-order chi connectivity index (χ1) is 12.5. The fourth-order valence-electron chi connectivity index (χ4n) is 2.60. The van der Waals surface area contributed by atoms with E-state index in [-0.39, 0.29) is 11.9 Å². The van der Waals surface area contributed by atoms with Crippen molar-refractivity contribution in [1.82, 2.24) is 19.7 Å². The highest BCUT2D eigenvalue weighted by molar-refractivity contribution is 9.10. The first-order valence-electron chi connectivity index (χ1n) is 8.23. The van der Waals surface area contributed by atoms with Gasteiger partial charge in [-0.2, -0.15) is 5.10 Å². The maximum absolute atomic E-state index is 12.3. The Balaban J connectivity index is 1.59. The van der Waals surface area contributed by atoms with Gasteiger partial charge in [-0.15, -0.1) is 0 Å². The molecule has 0 aliphatic heterocycles. The molecule has 1 atom stereocenters. The third-order valence-electron chi connectivity index (χ3n) is 4.24. The summed E-state index contributed by atoms with van der Waals surface area (Å²) in [5.41, 5.74) is 2.87. The highest BCUT2D eigenvalue weighted by atomic mass is 79.9. The number of hydrogen-bond donors (Lipinski definition) is 1. The number of anilines is 1. The van der Waals surface area contributed by atoms with Crippen LogP contribution in [0.1, 0.15) is 18.5 Å². The molecular weight excluding hydrogens is 394 g/mol. The van der Waals surface area contributed by atoms with Gasteiger partial charge in [0, 0.05) is 16.2 Å². The average Bonchev–Trinajstić information content (AvgIpc) is 3.18. The van der Waals surface area contributed by atoms with E-state index < -0.39 is 0 Å². The maximum Gasteiger partial charge on any atom is 0.238 e. The number of hydrogen-bond acceptors (Lipinski definition) is 4. The third kappa shape index (κ3) is 4.56. The molecule has 3 rings (SSSR count). The Hall–Kier alpha value is -2.51. The molecule has 1 N–H and O–H groups in total. The molecule has 0 radical (unpaired) electrons. The Morgan fingerprint density at radius 3 is 2.50 bits per heavy atom. The molecule has 3 aromatic rings. The lowest BCUT2D eigenvalue weighted by Gasteiger charge is -2.24. The van der Waals surface area contributed by atoms with Crippen molar-refractivity contribution in [2.75, 3.05) is 18.9 Å². The van der Waals surface area contributed by atoms with Gasteiger partial charge in [0.25, 0.3) is 0 Å². The molecule has 0 aliphatic carbocycles. The van der Waals surface area contributed by atoms with Crippen LogP contribution in [0.25, 0.3) is 5.69 Å². The smallest absolute Gasteiger partial charge is 0.238 e. The monoisotopic (exact) mass is 413 g/mol. The molecule has 0 fully saturated rings. The molecule has 1 amide bonds. The number of carbonyl (C=O) groups excluding carboxylic acids is 1. The van der Waals surface area contributed by atoms with Gasteiger partial charge in [-0.25, -0.2) is 9.67 Å². The predicted octanol–water partition coefficient (Wildman–Crippen LogP) is 3.66. The zero-order valence-electron chi connectivity index (χ0n) is 14.6. The van der Waals surface area contributed by atoms with Crippen molar-refractivity contribution in [3.63, 3.8) is 0 Å². The highest BCUT2D eigenvalue weighted by Crippen LogP contribution is 2.20. The quantitative estimate of drug-likeness (QED) is 0.669. The van der Waals surface area contributed by atoms with E-state index in [0.29, 0.717) is 6.54 Å². The summed E-state index contributed by atoms with van der Waals surface area (Å²) in [6, 6.07) is 15.7. The lowest BCUT2D eigenvalue weighted by atomic mass is 10.1. The van der Waals surface area contributed by atoms with Crippen molar-refractivity contribution >= 4 is 27.5 Å². The molecule has 0 unspecified atom stereocenters. The summed E-state index contributed by atoms with van der Waals surface area (Å²) in [6.45, 7) is 2.39. The van der Waals surface area contributed by atoms with Crippen molar-refractivity contribution in [2.24, 2.45) is 0 Å². The summed E-state index contributed by atoms with van der Waals surface area (Å²) in [6.07, 6.45) is 3.17. The second kappa shape index (κ2) is 8.25. The number of nitrogens with one attached hydrogen (secondary N) is 1. The molecule has 26 heavy (non-hydrogen) atoms. The van der Waals surface area contributed by atoms with Gasteiger partial charge in [0.1, 0.15) is 12.7 Å². The van der Waals surface area contributed by atoms with Crippen LogP contribution < -0.4 is 5.32 Å². The lowest BCUT2D eigenvalue weighted by Crippen LogP contribution is -2.32. The van der Waals surface area contributed by atoms with Crippen molar-refractivity contribution in [3.05, 3.63) is 71.2 Å². The fraction of sp³-hybridized carbons (Fsp3) is 0.211. The second-order valence-corrected chi connectivity index (χ2v) is 6.99. The number of halogens is 1. The predicted molar refractivity (Wildman–Crippen MR) is 105 cm³/mol. The second-order valence-electron chi connectivity index (χ2n) is 6.08. The van der Waals surface area contributed by atoms with Crippen molar-refractivity contribution in [2.45, 2.75) is 13.0 Å². The Morgan fingerprint density at radius 1 is 1.19 bits per heavy atom. The van der Waals surface area contributed by atoms with Crippen molar-refractivity contribution in [3.8, 4) is 5.69 Å². The summed E-state index contributed by atoms with van der Waals surface area (Å²) in [5, 5.41) is 7.03. The number of amides is 1. The molecule has 1 aromatic heterocycles. The van der Waals surface area contributed by atoms with E-state index in [9.17, 15) is 4.79 Å². The zero-order chi connectivity index (χ0) is 18.5. The summed E-state index contributed by atoms with van der Waals surface area (Å²) < 4.78 is 2.69. The van der Waals surface area contributed by atoms with Gasteiger partial charge in [-0.1, -0.05) is 28.1 Å². The van der Waals surface area contributed by atoms with Gasteiger partial charge in [-0.3, -0.25) is 9.69 Å². The van der Waals surface area contributed by atoms with Crippen LogP contribution in [-0.4, -0.2) is 39.2 Å². The van der Waals surface area contributed by atoms with E-state index in [1.807, 2.05) is 60.5 Å². The van der Waals surface area contributed by atoms with Crippen molar-refractivity contribution < 1.29 is 4.79 Å². The molecule has 0 saturated carbocycles. The normalized spacial score (nSPS) is 12.2. The molecule has 0 aliphatic rings. The zero-order valence-corrected chi connectivity index (χ0v) is 16.2. The standard InChI is InChI=1S/C19H20BrN5O/c1-14(15-3-9-18(10-4-15)25-13-21-12-22-25)24(2)11-19(26)23-17-7-5-16(20)6-8-17/h3-10,12-14H,11H2,1-2H3,(H,23,26)/t14-/m1/s1. The van der Waals surface area contributed by atoms with E-state index in [1.54, 1.807) is 11.0 Å². The third-order valence-corrected chi connectivity index (χ3v) is 4.77. The number of likely N-dealkylation sites (N-methyl/N-ethyl adjacent to an activating group) is 1. The SMILES string of the molecule is C[C@H](c1ccc(-n2cncn2)cc1)N(C)CC(=O)Nc1ccc(Br)cc1. The summed E-state index contributed by atoms with van der Waals surface area (Å²) in [7, 11) is 1.94. The number of rotatable bonds is 6. The summed E-state index contributed by atoms with van der Waals surface area (Å²) in [5.74, 6) is -0.0408. The van der Waals surface area contributed by atoms with Crippen LogP contribution in [0.3, 0.4) is 0 Å². The van der Waals surface area contributed by atoms with Gasteiger partial charge in [0.05, 0.1) is 12.2 Å². The Bertz CT molecular complexity index is 847. The maximum atomic E-state index is 12.3. The van der Waals surface area contributed by atoms with E-state index in [1.165, 1.54) is 6.33 Å². The molecule has 0 spiro atoms. The van der Waals surface area contributed by atoms with Gasteiger partial charge in [0.15, 0.2) is 0 Å². The van der Waals surface area contributed by atoms with Crippen LogP contribution >= 0.6 is 15.9 Å². The average molecular weight is 414 g/mol. The Kier molecular flexibility index (Phi) is 5.80. The number of benzene rings is 2. The topological polar surface area (TPSA) is 63.1 Å². The molecule has 134 valence electrons. The van der Waals surface area contributed by atoms with E-state index in [2.05, 4.69) is 38.3 Å². The minimum Gasteiger partial charge on any atom is -0.325 e.